The van der Waals surface area contributed by atoms with E-state index in [9.17, 15) is 4.79 Å². The number of nitrogens with one attached hydrogen (secondary N) is 1. The summed E-state index contributed by atoms with van der Waals surface area (Å²) in [5.74, 6) is 0.745. The number of hydrogen-bond acceptors (Lipinski definition) is 3. The molecule has 1 aliphatic rings. The Morgan fingerprint density at radius 1 is 1.29 bits per heavy atom. The average Bonchev–Trinajstić information content (AvgIpc) is 3.04. The fraction of sp³-hybridized carbons (Fsp3) is 0.263. The van der Waals surface area contributed by atoms with Gasteiger partial charge in [-0.3, -0.25) is 4.79 Å². The predicted molar refractivity (Wildman–Crippen MR) is 90.9 cm³/mol. The molecular weight excluding hydrogens is 302 g/mol. The van der Waals surface area contributed by atoms with E-state index in [2.05, 4.69) is 10.3 Å². The van der Waals surface area contributed by atoms with Gasteiger partial charge in [0, 0.05) is 11.9 Å². The highest BCUT2D eigenvalue weighted by Gasteiger charge is 2.25. The molecule has 1 atom stereocenters. The van der Waals surface area contributed by atoms with Crippen molar-refractivity contribution in [1.82, 2.24) is 14.7 Å². The Hall–Kier alpha value is -2.82. The maximum Gasteiger partial charge on any atom is 0.227 e. The van der Waals surface area contributed by atoms with Crippen LogP contribution < -0.4 is 10.1 Å². The van der Waals surface area contributed by atoms with Gasteiger partial charge in [0.05, 0.1) is 18.2 Å². The lowest BCUT2D eigenvalue weighted by Gasteiger charge is -2.24. The molecule has 2 aromatic heterocycles. The topological polar surface area (TPSA) is 55.6 Å². The Bertz CT molecular complexity index is 901. The average molecular weight is 321 g/mol. The number of nitrogens with zero attached hydrogens (tertiary/aromatic N) is 2. The van der Waals surface area contributed by atoms with E-state index in [1.54, 1.807) is 0 Å². The summed E-state index contributed by atoms with van der Waals surface area (Å²) in [6.45, 7) is 2.89. The molecule has 3 aromatic rings. The van der Waals surface area contributed by atoms with Crippen LogP contribution in [0.2, 0.25) is 0 Å². The fourth-order valence-corrected chi connectivity index (χ4v) is 3.10. The lowest BCUT2D eigenvalue weighted by molar-refractivity contribution is -0.126. The molecule has 0 radical (unpaired) electrons. The monoisotopic (exact) mass is 321 g/mol. The van der Waals surface area contributed by atoms with Crippen LogP contribution in [-0.4, -0.2) is 21.9 Å². The van der Waals surface area contributed by atoms with Crippen molar-refractivity contribution >= 4 is 11.6 Å². The summed E-state index contributed by atoms with van der Waals surface area (Å²) in [5.41, 5.74) is 3.96. The van der Waals surface area contributed by atoms with E-state index >= 15 is 0 Å². The van der Waals surface area contributed by atoms with Crippen LogP contribution in [-0.2, 0) is 17.8 Å². The smallest absolute Gasteiger partial charge is 0.227 e. The summed E-state index contributed by atoms with van der Waals surface area (Å²) in [6, 6.07) is 13.9. The van der Waals surface area contributed by atoms with Crippen LogP contribution in [0.3, 0.4) is 0 Å². The summed E-state index contributed by atoms with van der Waals surface area (Å²) in [6.07, 6.45) is 2.68. The molecule has 1 aliphatic heterocycles. The summed E-state index contributed by atoms with van der Waals surface area (Å²) in [7, 11) is 0. The summed E-state index contributed by atoms with van der Waals surface area (Å²) >= 11 is 0. The van der Waals surface area contributed by atoms with Crippen LogP contribution in [0.5, 0.6) is 5.75 Å². The lowest BCUT2D eigenvalue weighted by Crippen LogP contribution is -2.37. The highest BCUT2D eigenvalue weighted by molar-refractivity contribution is 5.79. The molecule has 0 saturated carbocycles. The van der Waals surface area contributed by atoms with Gasteiger partial charge in [0.1, 0.15) is 18.0 Å². The van der Waals surface area contributed by atoms with Crippen LogP contribution in [0.25, 0.3) is 5.65 Å². The third kappa shape index (κ3) is 2.73. The second kappa shape index (κ2) is 6.00. The first kappa shape index (κ1) is 14.8. The summed E-state index contributed by atoms with van der Waals surface area (Å²) < 4.78 is 7.72. The van der Waals surface area contributed by atoms with Gasteiger partial charge in [0.2, 0.25) is 5.91 Å². The normalized spacial score (nSPS) is 16.5. The number of imidazole rings is 1. The standard InChI is InChI=1S/C19H19N3O2/c1-13-5-4-8-18-21-16(11-22(13)18)10-20-19(23)15-9-14-6-2-3-7-17(14)24-12-15/h2-8,11,15H,9-10,12H2,1H3,(H,20,23)/t15-/m0/s1. The van der Waals surface area contributed by atoms with Gasteiger partial charge in [0.15, 0.2) is 0 Å². The second-order valence-electron chi connectivity index (χ2n) is 6.17. The molecule has 1 amide bonds. The number of para-hydroxylation sites is 1. The summed E-state index contributed by atoms with van der Waals surface area (Å²) in [4.78, 5) is 17.0. The first-order valence-corrected chi connectivity index (χ1v) is 8.13. The number of carbonyl (C=O) groups is 1. The van der Waals surface area contributed by atoms with Crippen molar-refractivity contribution in [2.75, 3.05) is 6.61 Å². The van der Waals surface area contributed by atoms with Gasteiger partial charge in [-0.05, 0) is 37.1 Å². The number of hydrogen-bond donors (Lipinski definition) is 1. The van der Waals surface area contributed by atoms with Crippen molar-refractivity contribution in [3.05, 3.63) is 65.6 Å². The molecule has 0 spiro atoms. The molecule has 1 aromatic carbocycles. The minimum Gasteiger partial charge on any atom is -0.492 e. The summed E-state index contributed by atoms with van der Waals surface area (Å²) in [5, 5.41) is 2.99. The van der Waals surface area contributed by atoms with Gasteiger partial charge >= 0.3 is 0 Å². The molecule has 0 bridgehead atoms. The Morgan fingerprint density at radius 2 is 2.17 bits per heavy atom. The minimum atomic E-state index is -0.154. The van der Waals surface area contributed by atoms with E-state index in [4.69, 9.17) is 4.74 Å². The molecule has 4 rings (SSSR count). The zero-order chi connectivity index (χ0) is 16.5. The number of rotatable bonds is 3. The van der Waals surface area contributed by atoms with E-state index in [0.717, 1.165) is 28.3 Å². The van der Waals surface area contributed by atoms with Gasteiger partial charge in [-0.25, -0.2) is 4.98 Å². The maximum absolute atomic E-state index is 12.4. The number of ether oxygens (including phenoxy) is 1. The predicted octanol–water partition coefficient (Wildman–Crippen LogP) is 2.51. The molecule has 122 valence electrons. The molecule has 0 aliphatic carbocycles. The van der Waals surface area contributed by atoms with E-state index in [1.807, 2.05) is 60.0 Å². The van der Waals surface area contributed by atoms with Gasteiger partial charge in [-0.15, -0.1) is 0 Å². The molecule has 0 saturated heterocycles. The molecule has 5 nitrogen and oxygen atoms in total. The van der Waals surface area contributed by atoms with Gasteiger partial charge < -0.3 is 14.5 Å². The van der Waals surface area contributed by atoms with E-state index in [0.29, 0.717) is 19.6 Å². The molecule has 0 fully saturated rings. The van der Waals surface area contributed by atoms with Gasteiger partial charge in [-0.1, -0.05) is 24.3 Å². The SMILES string of the molecule is Cc1cccc2nc(CNC(=O)[C@@H]3COc4ccccc4C3)cn12. The van der Waals surface area contributed by atoms with Crippen LogP contribution in [0.15, 0.2) is 48.7 Å². The van der Waals surface area contributed by atoms with Crippen molar-refractivity contribution in [3.63, 3.8) is 0 Å². The fourth-order valence-electron chi connectivity index (χ4n) is 3.10. The Morgan fingerprint density at radius 3 is 3.04 bits per heavy atom. The third-order valence-electron chi connectivity index (χ3n) is 4.44. The minimum absolute atomic E-state index is 0.0123. The molecule has 5 heteroatoms. The van der Waals surface area contributed by atoms with Gasteiger partial charge in [0.25, 0.3) is 0 Å². The van der Waals surface area contributed by atoms with Crippen LogP contribution in [0.1, 0.15) is 17.0 Å². The number of carbonyl (C=O) groups excluding carboxylic acids is 1. The molecule has 3 heterocycles. The van der Waals surface area contributed by atoms with Gasteiger partial charge in [-0.2, -0.15) is 0 Å². The highest BCUT2D eigenvalue weighted by atomic mass is 16.5. The number of pyridine rings is 1. The molecule has 0 unspecified atom stereocenters. The first-order chi connectivity index (χ1) is 11.7. The second-order valence-corrected chi connectivity index (χ2v) is 6.17. The van der Waals surface area contributed by atoms with Crippen molar-refractivity contribution in [2.45, 2.75) is 19.9 Å². The van der Waals surface area contributed by atoms with Crippen LogP contribution in [0, 0.1) is 12.8 Å². The number of benzene rings is 1. The third-order valence-corrected chi connectivity index (χ3v) is 4.44. The highest BCUT2D eigenvalue weighted by Crippen LogP contribution is 2.26. The van der Waals surface area contributed by atoms with Crippen molar-refractivity contribution in [3.8, 4) is 5.75 Å². The lowest BCUT2D eigenvalue weighted by atomic mass is 9.96. The van der Waals surface area contributed by atoms with Crippen molar-refractivity contribution < 1.29 is 9.53 Å². The Kier molecular flexibility index (Phi) is 3.69. The van der Waals surface area contributed by atoms with Crippen LogP contribution >= 0.6 is 0 Å². The van der Waals surface area contributed by atoms with E-state index in [-0.39, 0.29) is 11.8 Å². The van der Waals surface area contributed by atoms with Crippen LogP contribution in [0.4, 0.5) is 0 Å². The number of fused-ring (bicyclic) bond motifs is 2. The van der Waals surface area contributed by atoms with Crippen molar-refractivity contribution in [1.29, 1.82) is 0 Å². The molecular formula is C19H19N3O2. The molecule has 24 heavy (non-hydrogen) atoms. The zero-order valence-corrected chi connectivity index (χ0v) is 13.5. The first-order valence-electron chi connectivity index (χ1n) is 8.13. The Labute approximate surface area is 140 Å². The Balaban J connectivity index is 1.42. The number of aryl methyl sites for hydroxylation is 1. The van der Waals surface area contributed by atoms with E-state index < -0.39 is 0 Å². The molecule has 1 N–H and O–H groups in total. The van der Waals surface area contributed by atoms with E-state index in [1.165, 1.54) is 0 Å². The number of amides is 1. The zero-order valence-electron chi connectivity index (χ0n) is 13.5. The van der Waals surface area contributed by atoms with Crippen molar-refractivity contribution in [2.24, 2.45) is 5.92 Å². The quantitative estimate of drug-likeness (QED) is 0.806. The largest absolute Gasteiger partial charge is 0.492 e. The number of aromatic nitrogens is 2. The maximum atomic E-state index is 12.4.